The van der Waals surface area contributed by atoms with Crippen molar-refractivity contribution in [2.75, 3.05) is 6.54 Å². The summed E-state index contributed by atoms with van der Waals surface area (Å²) in [5.74, 6) is -0.194. The van der Waals surface area contributed by atoms with Crippen molar-refractivity contribution in [3.05, 3.63) is 52.2 Å². The van der Waals surface area contributed by atoms with Crippen molar-refractivity contribution < 1.29 is 13.2 Å². The number of thiophene rings is 1. The molecule has 1 amide bonds. The zero-order chi connectivity index (χ0) is 16.3. The highest BCUT2D eigenvalue weighted by molar-refractivity contribution is 7.89. The van der Waals surface area contributed by atoms with Gasteiger partial charge in [0.1, 0.15) is 0 Å². The minimum atomic E-state index is -3.47. The Balaban J connectivity index is 1.56. The van der Waals surface area contributed by atoms with Gasteiger partial charge in [-0.1, -0.05) is 6.07 Å². The van der Waals surface area contributed by atoms with Gasteiger partial charge in [-0.2, -0.15) is 0 Å². The number of carbonyl (C=O) groups is 1. The molecule has 5 nitrogen and oxygen atoms in total. The quantitative estimate of drug-likeness (QED) is 0.803. The molecule has 0 radical (unpaired) electrons. The van der Waals surface area contributed by atoms with Crippen molar-refractivity contribution >= 4 is 27.3 Å². The molecule has 1 aromatic carbocycles. The Kier molecular flexibility index (Phi) is 4.79. The second-order valence-corrected chi connectivity index (χ2v) is 8.25. The number of hydrogen-bond acceptors (Lipinski definition) is 4. The molecule has 0 bridgehead atoms. The molecule has 0 atom stereocenters. The molecular formula is C16H18N2O3S2. The Morgan fingerprint density at radius 3 is 2.52 bits per heavy atom. The number of rotatable bonds is 7. The molecule has 1 heterocycles. The average Bonchev–Trinajstić information content (AvgIpc) is 3.18. The predicted octanol–water partition coefficient (Wildman–Crippen LogP) is 2.16. The molecular weight excluding hydrogens is 332 g/mol. The molecule has 1 aromatic heterocycles. The van der Waals surface area contributed by atoms with Gasteiger partial charge in [0.05, 0.1) is 4.90 Å². The molecule has 3 rings (SSSR count). The highest BCUT2D eigenvalue weighted by Gasteiger charge is 2.27. The summed E-state index contributed by atoms with van der Waals surface area (Å²) in [6.07, 6.45) is 2.58. The largest absolute Gasteiger partial charge is 0.352 e. The number of carbonyl (C=O) groups excluding carboxylic acids is 1. The first kappa shape index (κ1) is 16.2. The van der Waals surface area contributed by atoms with E-state index in [-0.39, 0.29) is 16.8 Å². The number of benzene rings is 1. The molecule has 0 aliphatic heterocycles. The molecule has 0 unspecified atom stereocenters. The summed E-state index contributed by atoms with van der Waals surface area (Å²) in [5.41, 5.74) is 0.460. The van der Waals surface area contributed by atoms with Crippen molar-refractivity contribution in [2.24, 2.45) is 0 Å². The first-order chi connectivity index (χ1) is 11.0. The van der Waals surface area contributed by atoms with Crippen LogP contribution in [0.15, 0.2) is 46.7 Å². The van der Waals surface area contributed by atoms with Gasteiger partial charge in [-0.15, -0.1) is 11.3 Å². The third-order valence-electron chi connectivity index (χ3n) is 3.56. The summed E-state index contributed by atoms with van der Waals surface area (Å²) in [5, 5.41) is 4.85. The minimum Gasteiger partial charge on any atom is -0.352 e. The van der Waals surface area contributed by atoms with Gasteiger partial charge in [-0.25, -0.2) is 13.1 Å². The van der Waals surface area contributed by atoms with E-state index in [0.717, 1.165) is 19.3 Å². The lowest BCUT2D eigenvalue weighted by molar-refractivity contribution is 0.0954. The number of hydrogen-bond donors (Lipinski definition) is 2. The van der Waals surface area contributed by atoms with E-state index in [4.69, 9.17) is 0 Å². The van der Waals surface area contributed by atoms with Gasteiger partial charge in [-0.05, 0) is 55.0 Å². The number of sulfonamides is 1. The van der Waals surface area contributed by atoms with Crippen LogP contribution >= 0.6 is 11.3 Å². The minimum absolute atomic E-state index is 0.0697. The Hall–Kier alpha value is -1.70. The molecule has 0 spiro atoms. The fraction of sp³-hybridized carbons (Fsp3) is 0.312. The summed E-state index contributed by atoms with van der Waals surface area (Å²) in [6, 6.07) is 10.1. The Bertz CT molecular complexity index is 764. The Morgan fingerprint density at radius 1 is 1.17 bits per heavy atom. The number of nitrogens with one attached hydrogen (secondary N) is 2. The van der Waals surface area contributed by atoms with Crippen LogP contribution in [0.4, 0.5) is 0 Å². The fourth-order valence-electron chi connectivity index (χ4n) is 2.13. The van der Waals surface area contributed by atoms with Gasteiger partial charge in [0.15, 0.2) is 0 Å². The van der Waals surface area contributed by atoms with Crippen molar-refractivity contribution in [3.8, 4) is 0 Å². The number of amides is 1. The van der Waals surface area contributed by atoms with Crippen molar-refractivity contribution in [3.63, 3.8) is 0 Å². The average molecular weight is 350 g/mol. The SMILES string of the molecule is O=C(NCCc1cccs1)c1ccc(S(=O)(=O)NC2CC2)cc1. The Morgan fingerprint density at radius 2 is 1.91 bits per heavy atom. The van der Waals surface area contributed by atoms with Crippen LogP contribution in [0.1, 0.15) is 28.1 Å². The third-order valence-corrected chi connectivity index (χ3v) is 6.04. The highest BCUT2D eigenvalue weighted by Crippen LogP contribution is 2.22. The van der Waals surface area contributed by atoms with E-state index in [9.17, 15) is 13.2 Å². The molecule has 1 aliphatic carbocycles. The van der Waals surface area contributed by atoms with Crippen LogP contribution in [0.25, 0.3) is 0 Å². The maximum absolute atomic E-state index is 12.1. The van der Waals surface area contributed by atoms with Crippen molar-refractivity contribution in [1.29, 1.82) is 0 Å². The highest BCUT2D eigenvalue weighted by atomic mass is 32.2. The zero-order valence-corrected chi connectivity index (χ0v) is 14.1. The molecule has 7 heteroatoms. The van der Waals surface area contributed by atoms with Gasteiger partial charge in [0, 0.05) is 23.0 Å². The first-order valence-electron chi connectivity index (χ1n) is 7.47. The van der Waals surface area contributed by atoms with E-state index < -0.39 is 10.0 Å². The molecule has 2 N–H and O–H groups in total. The lowest BCUT2D eigenvalue weighted by Gasteiger charge is -2.07. The van der Waals surface area contributed by atoms with Gasteiger partial charge in [-0.3, -0.25) is 4.79 Å². The Labute approximate surface area is 139 Å². The van der Waals surface area contributed by atoms with Crippen LogP contribution in [-0.4, -0.2) is 26.9 Å². The van der Waals surface area contributed by atoms with Crippen LogP contribution in [0.2, 0.25) is 0 Å². The summed E-state index contributed by atoms with van der Waals surface area (Å²) in [7, 11) is -3.47. The second-order valence-electron chi connectivity index (χ2n) is 5.51. The second kappa shape index (κ2) is 6.82. The lowest BCUT2D eigenvalue weighted by Crippen LogP contribution is -2.27. The lowest BCUT2D eigenvalue weighted by atomic mass is 10.2. The molecule has 23 heavy (non-hydrogen) atoms. The van der Waals surface area contributed by atoms with Crippen LogP contribution in [-0.2, 0) is 16.4 Å². The molecule has 1 saturated carbocycles. The van der Waals surface area contributed by atoms with Gasteiger partial charge in [0.2, 0.25) is 10.0 Å². The maximum Gasteiger partial charge on any atom is 0.251 e. The summed E-state index contributed by atoms with van der Waals surface area (Å²) >= 11 is 1.66. The first-order valence-corrected chi connectivity index (χ1v) is 9.84. The topological polar surface area (TPSA) is 75.3 Å². The normalized spacial score (nSPS) is 14.6. The van der Waals surface area contributed by atoms with Gasteiger partial charge in [0.25, 0.3) is 5.91 Å². The monoisotopic (exact) mass is 350 g/mol. The maximum atomic E-state index is 12.1. The standard InChI is InChI=1S/C16H18N2O3S2/c19-16(17-10-9-14-2-1-11-22-14)12-3-7-15(8-4-12)23(20,21)18-13-5-6-13/h1-4,7-8,11,13,18H,5-6,9-10H2,(H,17,19). The molecule has 2 aromatic rings. The van der Waals surface area contributed by atoms with Gasteiger partial charge >= 0.3 is 0 Å². The smallest absolute Gasteiger partial charge is 0.251 e. The van der Waals surface area contributed by atoms with Gasteiger partial charge < -0.3 is 5.32 Å². The van der Waals surface area contributed by atoms with E-state index in [1.54, 1.807) is 23.5 Å². The third kappa shape index (κ3) is 4.40. The van der Waals surface area contributed by atoms with Crippen LogP contribution < -0.4 is 10.0 Å². The van der Waals surface area contributed by atoms with E-state index in [0.29, 0.717) is 12.1 Å². The molecule has 1 fully saturated rings. The van der Waals surface area contributed by atoms with E-state index in [1.165, 1.54) is 17.0 Å². The summed E-state index contributed by atoms with van der Waals surface area (Å²) in [6.45, 7) is 0.558. The van der Waals surface area contributed by atoms with E-state index in [1.807, 2.05) is 17.5 Å². The van der Waals surface area contributed by atoms with Crippen LogP contribution in [0, 0.1) is 0 Å². The zero-order valence-electron chi connectivity index (χ0n) is 12.5. The van der Waals surface area contributed by atoms with Crippen molar-refractivity contribution in [1.82, 2.24) is 10.0 Å². The summed E-state index contributed by atoms with van der Waals surface area (Å²) in [4.78, 5) is 13.5. The fourth-order valence-corrected chi connectivity index (χ4v) is 4.14. The predicted molar refractivity (Wildman–Crippen MR) is 90.1 cm³/mol. The molecule has 1 aliphatic rings. The van der Waals surface area contributed by atoms with E-state index >= 15 is 0 Å². The molecule has 0 saturated heterocycles. The van der Waals surface area contributed by atoms with Crippen molar-refractivity contribution in [2.45, 2.75) is 30.2 Å². The molecule has 122 valence electrons. The van der Waals surface area contributed by atoms with Crippen LogP contribution in [0.3, 0.4) is 0 Å². The van der Waals surface area contributed by atoms with E-state index in [2.05, 4.69) is 10.0 Å². The summed E-state index contributed by atoms with van der Waals surface area (Å²) < 4.78 is 26.7. The van der Waals surface area contributed by atoms with Crippen LogP contribution in [0.5, 0.6) is 0 Å².